The van der Waals surface area contributed by atoms with Crippen molar-refractivity contribution in [3.05, 3.63) is 53.8 Å². The van der Waals surface area contributed by atoms with Crippen LogP contribution in [-0.4, -0.2) is 58.6 Å². The van der Waals surface area contributed by atoms with Gasteiger partial charge < -0.3 is 19.5 Å². The predicted octanol–water partition coefficient (Wildman–Crippen LogP) is 4.20. The molecule has 2 atom stereocenters. The third-order valence-electron chi connectivity index (χ3n) is 6.39. The zero-order valence-corrected chi connectivity index (χ0v) is 23.8. The van der Waals surface area contributed by atoms with Gasteiger partial charge in [-0.1, -0.05) is 24.3 Å². The van der Waals surface area contributed by atoms with Gasteiger partial charge in [0.05, 0.1) is 25.3 Å². The molecule has 1 aliphatic rings. The molecule has 2 N–H and O–H groups in total. The highest BCUT2D eigenvalue weighted by Crippen LogP contribution is 2.43. The van der Waals surface area contributed by atoms with E-state index in [2.05, 4.69) is 10.0 Å². The topological polar surface area (TPSA) is 120 Å². The Balaban J connectivity index is 1.78. The molecule has 0 bridgehead atoms. The smallest absolute Gasteiger partial charge is 0.407 e. The van der Waals surface area contributed by atoms with Gasteiger partial charge in [-0.15, -0.1) is 0 Å². The second-order valence-electron chi connectivity index (χ2n) is 10.9. The van der Waals surface area contributed by atoms with Crippen LogP contribution in [0.3, 0.4) is 0 Å². The van der Waals surface area contributed by atoms with Gasteiger partial charge in [0, 0.05) is 17.2 Å². The number of alkyl carbamates (subject to hydrolysis) is 1. The average molecular weight is 565 g/mol. The number of nitrogens with one attached hydrogen (secondary N) is 2. The summed E-state index contributed by atoms with van der Waals surface area (Å²) in [5, 5.41) is 2.62. The van der Waals surface area contributed by atoms with E-state index in [9.17, 15) is 18.0 Å². The molecule has 214 valence electrons. The summed E-state index contributed by atoms with van der Waals surface area (Å²) in [4.78, 5) is 24.7. The van der Waals surface area contributed by atoms with Crippen LogP contribution in [0.15, 0.2) is 42.5 Å². The van der Waals surface area contributed by atoms with Crippen LogP contribution < -0.4 is 14.8 Å². The Morgan fingerprint density at radius 1 is 1.13 bits per heavy atom. The first-order valence-electron chi connectivity index (χ1n) is 12.7. The Hall–Kier alpha value is -3.18. The molecule has 1 fully saturated rings. The number of sulfonamides is 1. The zero-order chi connectivity index (χ0) is 28.8. The van der Waals surface area contributed by atoms with E-state index in [4.69, 9.17) is 14.2 Å². The molecule has 0 unspecified atom stereocenters. The van der Waals surface area contributed by atoms with Crippen LogP contribution in [-0.2, 0) is 30.7 Å². The van der Waals surface area contributed by atoms with Gasteiger partial charge in [0.2, 0.25) is 10.0 Å². The van der Waals surface area contributed by atoms with E-state index < -0.39 is 38.9 Å². The van der Waals surface area contributed by atoms with Crippen molar-refractivity contribution in [2.45, 2.75) is 58.1 Å². The van der Waals surface area contributed by atoms with Crippen molar-refractivity contribution < 1.29 is 36.6 Å². The summed E-state index contributed by atoms with van der Waals surface area (Å²) in [6.07, 6.45) is 2.00. The molecule has 2 aromatic rings. The molecule has 0 aliphatic heterocycles. The number of hydrogen-bond donors (Lipinski definition) is 2. The van der Waals surface area contributed by atoms with Gasteiger partial charge in [0.1, 0.15) is 23.8 Å². The zero-order valence-electron chi connectivity index (χ0n) is 23.0. The van der Waals surface area contributed by atoms with Crippen LogP contribution in [0.1, 0.15) is 45.6 Å². The summed E-state index contributed by atoms with van der Waals surface area (Å²) >= 11 is 0. The van der Waals surface area contributed by atoms with Crippen LogP contribution in [0.25, 0.3) is 11.1 Å². The summed E-state index contributed by atoms with van der Waals surface area (Å²) in [7, 11) is -2.13. The third kappa shape index (κ3) is 8.66. The van der Waals surface area contributed by atoms with Crippen molar-refractivity contribution in [3.63, 3.8) is 0 Å². The van der Waals surface area contributed by atoms with E-state index >= 15 is 4.39 Å². The average Bonchev–Trinajstić information content (AvgIpc) is 3.23. The summed E-state index contributed by atoms with van der Waals surface area (Å²) in [5.74, 6) is -0.454. The normalized spacial score (nSPS) is 19.4. The first-order chi connectivity index (χ1) is 18.2. The Morgan fingerprint density at radius 2 is 1.85 bits per heavy atom. The molecular weight excluding hydrogens is 527 g/mol. The molecule has 0 radical (unpaired) electrons. The minimum Gasteiger partial charge on any atom is -0.491 e. The molecule has 1 saturated carbocycles. The first kappa shape index (κ1) is 30.4. The molecule has 0 saturated heterocycles. The number of halogens is 1. The summed E-state index contributed by atoms with van der Waals surface area (Å²) in [5.41, 5.74) is -0.0272. The number of esters is 1. The van der Waals surface area contributed by atoms with Gasteiger partial charge in [-0.25, -0.2) is 22.3 Å². The Morgan fingerprint density at radius 3 is 2.51 bits per heavy atom. The lowest BCUT2D eigenvalue weighted by molar-refractivity contribution is -0.152. The Bertz CT molecular complexity index is 1290. The molecule has 1 amide bonds. The molecule has 2 aromatic carbocycles. The van der Waals surface area contributed by atoms with Crippen LogP contribution in [0.4, 0.5) is 9.18 Å². The maximum absolute atomic E-state index is 15.1. The predicted molar refractivity (Wildman–Crippen MR) is 145 cm³/mol. The number of hydrogen-bond acceptors (Lipinski definition) is 7. The van der Waals surface area contributed by atoms with Gasteiger partial charge in [-0.2, -0.15) is 0 Å². The minimum absolute atomic E-state index is 0.137. The summed E-state index contributed by atoms with van der Waals surface area (Å²) in [6, 6.07) is 11.2. The van der Waals surface area contributed by atoms with Crippen molar-refractivity contribution in [1.29, 1.82) is 0 Å². The van der Waals surface area contributed by atoms with E-state index in [-0.39, 0.29) is 32.0 Å². The lowest BCUT2D eigenvalue weighted by Crippen LogP contribution is -2.37. The number of carbonyl (C=O) groups excluding carboxylic acids is 2. The highest BCUT2D eigenvalue weighted by molar-refractivity contribution is 7.88. The molecule has 9 nitrogen and oxygen atoms in total. The third-order valence-corrected chi connectivity index (χ3v) is 7.15. The number of para-hydroxylation sites is 1. The van der Waals surface area contributed by atoms with Crippen LogP contribution >= 0.6 is 0 Å². The molecule has 1 aliphatic carbocycles. The summed E-state index contributed by atoms with van der Waals surface area (Å²) in [6.45, 7) is 5.64. The largest absolute Gasteiger partial charge is 0.491 e. The SMILES string of the molecule is COC(=O)[C@@]1(Cc2ccc(F)c(-c3ccccc3OCCNC(=O)OC(C)(C)C)c2)CC[C@H](NS(C)(=O)=O)C1. The van der Waals surface area contributed by atoms with Gasteiger partial charge in [-0.3, -0.25) is 4.79 Å². The number of amides is 1. The quantitative estimate of drug-likeness (QED) is 0.328. The number of ether oxygens (including phenoxy) is 3. The Labute approximate surface area is 229 Å². The van der Waals surface area contributed by atoms with Gasteiger partial charge in [0.25, 0.3) is 0 Å². The van der Waals surface area contributed by atoms with Crippen molar-refractivity contribution in [2.75, 3.05) is 26.5 Å². The highest BCUT2D eigenvalue weighted by Gasteiger charge is 2.47. The van der Waals surface area contributed by atoms with Crippen LogP contribution in [0, 0.1) is 11.2 Å². The van der Waals surface area contributed by atoms with Gasteiger partial charge >= 0.3 is 12.1 Å². The maximum atomic E-state index is 15.1. The van der Waals surface area contributed by atoms with Gasteiger partial charge in [0.15, 0.2) is 0 Å². The monoisotopic (exact) mass is 564 g/mol. The second-order valence-corrected chi connectivity index (χ2v) is 12.6. The maximum Gasteiger partial charge on any atom is 0.407 e. The first-order valence-corrected chi connectivity index (χ1v) is 14.6. The minimum atomic E-state index is -3.43. The molecule has 11 heteroatoms. The Kier molecular flexibility index (Phi) is 9.60. The fourth-order valence-electron chi connectivity index (χ4n) is 4.89. The molecule has 3 rings (SSSR count). The van der Waals surface area contributed by atoms with E-state index in [1.54, 1.807) is 57.2 Å². The lowest BCUT2D eigenvalue weighted by Gasteiger charge is -2.27. The van der Waals surface area contributed by atoms with Crippen molar-refractivity contribution in [1.82, 2.24) is 10.0 Å². The molecule has 39 heavy (non-hydrogen) atoms. The second kappa shape index (κ2) is 12.3. The molecular formula is C28H37FN2O7S. The van der Waals surface area contributed by atoms with E-state index in [0.717, 1.165) is 6.26 Å². The standard InChI is InChI=1S/C28H37FN2O7S/c1-27(2,3)38-26(33)30-14-15-37-24-9-7-6-8-21(24)22-16-19(10-11-23(22)29)17-28(25(32)36-4)13-12-20(18-28)31-39(5,34)35/h6-11,16,20,31H,12-15,17-18H2,1-5H3,(H,30,33)/t20-,28+/m0/s1. The van der Waals surface area contributed by atoms with Crippen molar-refractivity contribution >= 4 is 22.1 Å². The number of carbonyl (C=O) groups is 2. The fraction of sp³-hybridized carbons (Fsp3) is 0.500. The number of methoxy groups -OCH3 is 1. The molecule has 0 spiro atoms. The van der Waals surface area contributed by atoms with E-state index in [0.29, 0.717) is 35.3 Å². The van der Waals surface area contributed by atoms with Crippen molar-refractivity contribution in [3.8, 4) is 16.9 Å². The fourth-order valence-corrected chi connectivity index (χ4v) is 5.69. The van der Waals surface area contributed by atoms with Crippen LogP contribution in [0.5, 0.6) is 5.75 Å². The number of benzene rings is 2. The number of rotatable bonds is 10. The van der Waals surface area contributed by atoms with Crippen LogP contribution in [0.2, 0.25) is 0 Å². The molecule has 0 heterocycles. The van der Waals surface area contributed by atoms with E-state index in [1.807, 2.05) is 0 Å². The highest BCUT2D eigenvalue weighted by atomic mass is 32.2. The molecule has 0 aromatic heterocycles. The van der Waals surface area contributed by atoms with Crippen molar-refractivity contribution in [2.24, 2.45) is 5.41 Å². The van der Waals surface area contributed by atoms with E-state index in [1.165, 1.54) is 13.2 Å². The van der Waals surface area contributed by atoms with Gasteiger partial charge in [-0.05, 0) is 70.2 Å². The summed E-state index contributed by atoms with van der Waals surface area (Å²) < 4.78 is 57.3. The lowest BCUT2D eigenvalue weighted by atomic mass is 9.79.